The van der Waals surface area contributed by atoms with Gasteiger partial charge in [0.25, 0.3) is 0 Å². The lowest BCUT2D eigenvalue weighted by Gasteiger charge is -2.09. The quantitative estimate of drug-likeness (QED) is 0.834. The number of hydrogen-bond acceptors (Lipinski definition) is 2. The van der Waals surface area contributed by atoms with Crippen molar-refractivity contribution in [2.24, 2.45) is 0 Å². The van der Waals surface area contributed by atoms with Crippen LogP contribution in [0.15, 0.2) is 48.5 Å². The maximum absolute atomic E-state index is 11.8. The predicted octanol–water partition coefficient (Wildman–Crippen LogP) is 3.23. The molecule has 0 bridgehead atoms. The van der Waals surface area contributed by atoms with Crippen molar-refractivity contribution in [1.82, 2.24) is 0 Å². The van der Waals surface area contributed by atoms with Crippen molar-refractivity contribution >= 4 is 34.8 Å². The predicted molar refractivity (Wildman–Crippen MR) is 79.9 cm³/mol. The van der Waals surface area contributed by atoms with Crippen LogP contribution in [-0.4, -0.2) is 11.8 Å². The summed E-state index contributed by atoms with van der Waals surface area (Å²) < 4.78 is 0. The average molecular weight is 289 g/mol. The fourth-order valence-electron chi connectivity index (χ4n) is 1.62. The number of anilines is 2. The van der Waals surface area contributed by atoms with E-state index in [1.54, 1.807) is 42.5 Å². The van der Waals surface area contributed by atoms with Gasteiger partial charge in [-0.25, -0.2) is 0 Å². The number of carbonyl (C=O) groups is 2. The lowest BCUT2D eigenvalue weighted by atomic mass is 10.2. The summed E-state index contributed by atoms with van der Waals surface area (Å²) in [6.07, 6.45) is 0. The van der Waals surface area contributed by atoms with Crippen LogP contribution in [0.1, 0.15) is 5.56 Å². The molecule has 0 unspecified atom stereocenters. The van der Waals surface area contributed by atoms with Crippen molar-refractivity contribution in [3.8, 4) is 0 Å². The van der Waals surface area contributed by atoms with Gasteiger partial charge in [-0.3, -0.25) is 9.59 Å². The van der Waals surface area contributed by atoms with E-state index in [0.29, 0.717) is 16.4 Å². The van der Waals surface area contributed by atoms with Gasteiger partial charge in [0.05, 0.1) is 0 Å². The van der Waals surface area contributed by atoms with E-state index in [0.717, 1.165) is 5.56 Å². The van der Waals surface area contributed by atoms with Crippen LogP contribution in [0.25, 0.3) is 0 Å². The van der Waals surface area contributed by atoms with E-state index in [2.05, 4.69) is 10.6 Å². The summed E-state index contributed by atoms with van der Waals surface area (Å²) >= 11 is 5.86. The molecular formula is C15H13ClN2O2. The maximum Gasteiger partial charge on any atom is 0.314 e. The van der Waals surface area contributed by atoms with E-state index in [1.165, 1.54) is 0 Å². The Balaban J connectivity index is 2.04. The molecule has 0 aliphatic rings. The number of halogens is 1. The molecule has 20 heavy (non-hydrogen) atoms. The van der Waals surface area contributed by atoms with E-state index < -0.39 is 11.8 Å². The zero-order chi connectivity index (χ0) is 14.5. The Morgan fingerprint density at radius 1 is 0.950 bits per heavy atom. The summed E-state index contributed by atoms with van der Waals surface area (Å²) in [7, 11) is 0. The molecule has 0 aliphatic carbocycles. The number of aryl methyl sites for hydroxylation is 1. The first-order valence-electron chi connectivity index (χ1n) is 6.00. The van der Waals surface area contributed by atoms with Crippen LogP contribution >= 0.6 is 11.6 Å². The second-order valence-electron chi connectivity index (χ2n) is 4.23. The van der Waals surface area contributed by atoms with Crippen LogP contribution in [-0.2, 0) is 9.59 Å². The van der Waals surface area contributed by atoms with Gasteiger partial charge in [-0.05, 0) is 36.8 Å². The minimum atomic E-state index is -0.737. The highest BCUT2D eigenvalue weighted by molar-refractivity contribution is 6.43. The molecule has 0 aliphatic heterocycles. The molecule has 4 nitrogen and oxygen atoms in total. The van der Waals surface area contributed by atoms with Gasteiger partial charge in [0.15, 0.2) is 0 Å². The number of benzene rings is 2. The van der Waals surface area contributed by atoms with Gasteiger partial charge in [-0.1, -0.05) is 35.9 Å². The number of para-hydroxylation sites is 1. The van der Waals surface area contributed by atoms with Crippen LogP contribution in [0.4, 0.5) is 11.4 Å². The molecule has 0 atom stereocenters. The van der Waals surface area contributed by atoms with Gasteiger partial charge in [0.1, 0.15) is 0 Å². The van der Waals surface area contributed by atoms with Crippen molar-refractivity contribution in [3.05, 3.63) is 59.1 Å². The van der Waals surface area contributed by atoms with E-state index in [-0.39, 0.29) is 0 Å². The number of carbonyl (C=O) groups excluding carboxylic acids is 2. The Hall–Kier alpha value is -2.33. The normalized spacial score (nSPS) is 9.90. The average Bonchev–Trinajstić information content (AvgIpc) is 2.44. The lowest BCUT2D eigenvalue weighted by molar-refractivity contribution is -0.133. The minimum absolute atomic E-state index is 0.495. The smallest absolute Gasteiger partial charge is 0.314 e. The molecule has 0 spiro atoms. The number of hydrogen-bond donors (Lipinski definition) is 2. The van der Waals surface area contributed by atoms with Gasteiger partial charge < -0.3 is 10.6 Å². The molecule has 5 heteroatoms. The monoisotopic (exact) mass is 288 g/mol. The van der Waals surface area contributed by atoms with E-state index >= 15 is 0 Å². The summed E-state index contributed by atoms with van der Waals surface area (Å²) in [6, 6.07) is 13.9. The Kier molecular flexibility index (Phi) is 4.38. The molecule has 0 radical (unpaired) electrons. The summed E-state index contributed by atoms with van der Waals surface area (Å²) in [4.78, 5) is 23.6. The third kappa shape index (κ3) is 3.59. The highest BCUT2D eigenvalue weighted by Crippen LogP contribution is 2.20. The molecule has 0 heterocycles. The Morgan fingerprint density at radius 3 is 2.30 bits per heavy atom. The molecule has 2 aromatic rings. The van der Waals surface area contributed by atoms with E-state index in [1.807, 2.05) is 13.0 Å². The molecule has 2 amide bonds. The topological polar surface area (TPSA) is 58.2 Å². The van der Waals surface area contributed by atoms with Gasteiger partial charge in [0.2, 0.25) is 0 Å². The Labute approximate surface area is 121 Å². The van der Waals surface area contributed by atoms with E-state index in [4.69, 9.17) is 11.6 Å². The zero-order valence-electron chi connectivity index (χ0n) is 10.8. The van der Waals surface area contributed by atoms with E-state index in [9.17, 15) is 9.59 Å². The van der Waals surface area contributed by atoms with Gasteiger partial charge in [0, 0.05) is 16.4 Å². The van der Waals surface area contributed by atoms with Gasteiger partial charge in [-0.2, -0.15) is 0 Å². The number of amides is 2. The van der Waals surface area contributed by atoms with Crippen LogP contribution in [0.2, 0.25) is 5.02 Å². The van der Waals surface area contributed by atoms with Crippen molar-refractivity contribution in [2.75, 3.05) is 10.6 Å². The second kappa shape index (κ2) is 6.21. The Bertz CT molecular complexity index is 642. The van der Waals surface area contributed by atoms with Crippen molar-refractivity contribution in [3.63, 3.8) is 0 Å². The molecule has 0 saturated carbocycles. The largest absolute Gasteiger partial charge is 0.318 e. The fraction of sp³-hybridized carbons (Fsp3) is 0.0667. The summed E-state index contributed by atoms with van der Waals surface area (Å²) in [5, 5.41) is 5.54. The lowest BCUT2D eigenvalue weighted by Crippen LogP contribution is -2.29. The maximum atomic E-state index is 11.8. The minimum Gasteiger partial charge on any atom is -0.318 e. The first kappa shape index (κ1) is 14.1. The fourth-order valence-corrected chi connectivity index (χ4v) is 1.79. The first-order chi connectivity index (χ1) is 9.56. The highest BCUT2D eigenvalue weighted by atomic mass is 35.5. The van der Waals surface area contributed by atoms with Crippen LogP contribution < -0.4 is 10.6 Å². The molecule has 2 aromatic carbocycles. The van der Waals surface area contributed by atoms with Crippen molar-refractivity contribution in [2.45, 2.75) is 6.92 Å². The highest BCUT2D eigenvalue weighted by Gasteiger charge is 2.14. The Morgan fingerprint density at radius 2 is 1.60 bits per heavy atom. The first-order valence-corrected chi connectivity index (χ1v) is 6.37. The van der Waals surface area contributed by atoms with Crippen molar-refractivity contribution < 1.29 is 9.59 Å². The summed E-state index contributed by atoms with van der Waals surface area (Å²) in [6.45, 7) is 1.82. The molecule has 0 fully saturated rings. The third-order valence-electron chi connectivity index (χ3n) is 2.69. The molecule has 2 rings (SSSR count). The second-order valence-corrected chi connectivity index (χ2v) is 4.67. The SMILES string of the molecule is Cc1ccc(Cl)cc1NC(=O)C(=O)Nc1ccccc1. The summed E-state index contributed by atoms with van der Waals surface area (Å²) in [5.74, 6) is -1.46. The zero-order valence-corrected chi connectivity index (χ0v) is 11.6. The summed E-state index contributed by atoms with van der Waals surface area (Å²) in [5.41, 5.74) is 1.91. The van der Waals surface area contributed by atoms with Crippen LogP contribution in [0.5, 0.6) is 0 Å². The van der Waals surface area contributed by atoms with Crippen LogP contribution in [0, 0.1) is 6.92 Å². The molecule has 2 N–H and O–H groups in total. The van der Waals surface area contributed by atoms with Gasteiger partial charge in [-0.15, -0.1) is 0 Å². The third-order valence-corrected chi connectivity index (χ3v) is 2.92. The van der Waals surface area contributed by atoms with Gasteiger partial charge >= 0.3 is 11.8 Å². The van der Waals surface area contributed by atoms with Crippen molar-refractivity contribution in [1.29, 1.82) is 0 Å². The molecule has 102 valence electrons. The standard InChI is InChI=1S/C15H13ClN2O2/c1-10-7-8-11(16)9-13(10)18-15(20)14(19)17-12-5-3-2-4-6-12/h2-9H,1H3,(H,17,19)(H,18,20). The number of nitrogens with one attached hydrogen (secondary N) is 2. The van der Waals surface area contributed by atoms with Crippen LogP contribution in [0.3, 0.4) is 0 Å². The molecule has 0 saturated heterocycles. The molecule has 0 aromatic heterocycles. The number of rotatable bonds is 2. The molecular weight excluding hydrogens is 276 g/mol.